The van der Waals surface area contributed by atoms with Crippen LogP contribution >= 0.6 is 0 Å². The molecule has 1 aromatic carbocycles. The lowest BCUT2D eigenvalue weighted by Crippen LogP contribution is -2.44. The van der Waals surface area contributed by atoms with E-state index in [0.29, 0.717) is 11.3 Å². The molecule has 1 heterocycles. The molecule has 4 nitrogen and oxygen atoms in total. The Bertz CT molecular complexity index is 546. The van der Waals surface area contributed by atoms with E-state index < -0.39 is 0 Å². The summed E-state index contributed by atoms with van der Waals surface area (Å²) in [5.74, 6) is -0.0340. The third kappa shape index (κ3) is 2.14. The Labute approximate surface area is 106 Å². The van der Waals surface area contributed by atoms with Gasteiger partial charge in [0.15, 0.2) is 5.78 Å². The normalized spacial score (nSPS) is 19.3. The summed E-state index contributed by atoms with van der Waals surface area (Å²) in [5, 5.41) is 5.45. The molecule has 0 radical (unpaired) electrons. The fourth-order valence-corrected chi connectivity index (χ4v) is 2.30. The van der Waals surface area contributed by atoms with Crippen LogP contribution in [0, 0.1) is 6.92 Å². The first-order chi connectivity index (χ1) is 8.50. The number of allylic oxidation sites excluding steroid dienone is 1. The second-order valence-electron chi connectivity index (χ2n) is 4.48. The Balaban J connectivity index is 2.54. The Hall–Kier alpha value is -2.10. The SMILES string of the molecule is CC(=O)C1=C(C)NC(=O)NC1c1ccccc1C. The zero-order valence-electron chi connectivity index (χ0n) is 10.7. The topological polar surface area (TPSA) is 58.2 Å². The van der Waals surface area contributed by atoms with Crippen molar-refractivity contribution in [1.29, 1.82) is 0 Å². The van der Waals surface area contributed by atoms with Gasteiger partial charge in [0.2, 0.25) is 0 Å². The molecule has 2 rings (SSSR count). The summed E-state index contributed by atoms with van der Waals surface area (Å²) in [5.41, 5.74) is 3.25. The molecule has 2 amide bonds. The average Bonchev–Trinajstić information content (AvgIpc) is 2.27. The fourth-order valence-electron chi connectivity index (χ4n) is 2.30. The smallest absolute Gasteiger partial charge is 0.319 e. The van der Waals surface area contributed by atoms with Gasteiger partial charge in [0.25, 0.3) is 0 Å². The number of hydrogen-bond donors (Lipinski definition) is 2. The van der Waals surface area contributed by atoms with Crippen molar-refractivity contribution in [3.05, 3.63) is 46.7 Å². The summed E-state index contributed by atoms with van der Waals surface area (Å²) in [7, 11) is 0. The maximum absolute atomic E-state index is 11.8. The van der Waals surface area contributed by atoms with Crippen LogP contribution in [-0.2, 0) is 4.79 Å². The molecule has 0 saturated heterocycles. The first-order valence-electron chi connectivity index (χ1n) is 5.85. The number of hydrogen-bond acceptors (Lipinski definition) is 2. The zero-order valence-corrected chi connectivity index (χ0v) is 10.7. The highest BCUT2D eigenvalue weighted by Gasteiger charge is 2.29. The lowest BCUT2D eigenvalue weighted by molar-refractivity contribution is -0.114. The second kappa shape index (κ2) is 4.64. The molecule has 2 N–H and O–H groups in total. The van der Waals surface area contributed by atoms with Gasteiger partial charge in [-0.1, -0.05) is 24.3 Å². The lowest BCUT2D eigenvalue weighted by Gasteiger charge is -2.29. The number of aryl methyl sites for hydroxylation is 1. The Morgan fingerprint density at radius 3 is 2.50 bits per heavy atom. The quantitative estimate of drug-likeness (QED) is 0.838. The molecule has 1 unspecified atom stereocenters. The number of rotatable bonds is 2. The molecule has 1 atom stereocenters. The van der Waals surface area contributed by atoms with E-state index in [1.54, 1.807) is 6.92 Å². The van der Waals surface area contributed by atoms with E-state index >= 15 is 0 Å². The van der Waals surface area contributed by atoms with E-state index in [4.69, 9.17) is 0 Å². The predicted molar refractivity (Wildman–Crippen MR) is 69.0 cm³/mol. The van der Waals surface area contributed by atoms with Crippen LogP contribution in [0.25, 0.3) is 0 Å². The summed E-state index contributed by atoms with van der Waals surface area (Å²) in [6.07, 6.45) is 0. The molecular weight excluding hydrogens is 228 g/mol. The van der Waals surface area contributed by atoms with Crippen molar-refractivity contribution in [2.24, 2.45) is 0 Å². The van der Waals surface area contributed by atoms with Gasteiger partial charge >= 0.3 is 6.03 Å². The molecule has 0 bridgehead atoms. The molecule has 0 fully saturated rings. The van der Waals surface area contributed by atoms with Gasteiger partial charge in [0.1, 0.15) is 0 Å². The van der Waals surface area contributed by atoms with Crippen LogP contribution in [0.2, 0.25) is 0 Å². The Morgan fingerprint density at radius 1 is 1.22 bits per heavy atom. The van der Waals surface area contributed by atoms with Gasteiger partial charge in [0.05, 0.1) is 6.04 Å². The van der Waals surface area contributed by atoms with Gasteiger partial charge < -0.3 is 10.6 Å². The van der Waals surface area contributed by atoms with Gasteiger partial charge in [-0.15, -0.1) is 0 Å². The lowest BCUT2D eigenvalue weighted by atomic mass is 9.90. The highest BCUT2D eigenvalue weighted by molar-refractivity contribution is 5.98. The number of amides is 2. The number of urea groups is 1. The highest BCUT2D eigenvalue weighted by atomic mass is 16.2. The number of nitrogens with one attached hydrogen (secondary N) is 2. The molecule has 1 aliphatic rings. The van der Waals surface area contributed by atoms with E-state index in [1.165, 1.54) is 6.92 Å². The van der Waals surface area contributed by atoms with Crippen molar-refractivity contribution in [3.8, 4) is 0 Å². The largest absolute Gasteiger partial charge is 0.327 e. The van der Waals surface area contributed by atoms with E-state index in [9.17, 15) is 9.59 Å². The Morgan fingerprint density at radius 2 is 1.89 bits per heavy atom. The van der Waals surface area contributed by atoms with Crippen LogP contribution in [0.5, 0.6) is 0 Å². The molecule has 0 aliphatic carbocycles. The first-order valence-corrected chi connectivity index (χ1v) is 5.85. The van der Waals surface area contributed by atoms with E-state index in [1.807, 2.05) is 31.2 Å². The number of benzene rings is 1. The van der Waals surface area contributed by atoms with Crippen LogP contribution in [0.4, 0.5) is 4.79 Å². The van der Waals surface area contributed by atoms with Gasteiger partial charge in [0, 0.05) is 11.3 Å². The number of Topliss-reactive ketones (excluding diaryl/α,β-unsaturated/α-hetero) is 1. The van der Waals surface area contributed by atoms with Crippen molar-refractivity contribution >= 4 is 11.8 Å². The van der Waals surface area contributed by atoms with Crippen molar-refractivity contribution < 1.29 is 9.59 Å². The van der Waals surface area contributed by atoms with Crippen molar-refractivity contribution in [1.82, 2.24) is 10.6 Å². The van der Waals surface area contributed by atoms with Crippen LogP contribution in [0.15, 0.2) is 35.5 Å². The average molecular weight is 244 g/mol. The van der Waals surface area contributed by atoms with Crippen molar-refractivity contribution in [3.63, 3.8) is 0 Å². The molecule has 18 heavy (non-hydrogen) atoms. The van der Waals surface area contributed by atoms with Crippen molar-refractivity contribution in [2.75, 3.05) is 0 Å². The predicted octanol–water partition coefficient (Wildman–Crippen LogP) is 2.21. The maximum atomic E-state index is 11.8. The monoisotopic (exact) mass is 244 g/mol. The Kier molecular flexibility index (Phi) is 3.19. The number of carbonyl (C=O) groups is 2. The van der Waals surface area contributed by atoms with Crippen LogP contribution in [0.3, 0.4) is 0 Å². The van der Waals surface area contributed by atoms with E-state index in [0.717, 1.165) is 11.1 Å². The van der Waals surface area contributed by atoms with Gasteiger partial charge in [-0.2, -0.15) is 0 Å². The van der Waals surface area contributed by atoms with Crippen LogP contribution in [0.1, 0.15) is 31.0 Å². The fraction of sp³-hybridized carbons (Fsp3) is 0.286. The summed E-state index contributed by atoms with van der Waals surface area (Å²) in [6.45, 7) is 5.24. The summed E-state index contributed by atoms with van der Waals surface area (Å²) in [4.78, 5) is 23.3. The van der Waals surface area contributed by atoms with Gasteiger partial charge in [-0.3, -0.25) is 4.79 Å². The minimum atomic E-state index is -0.363. The minimum Gasteiger partial charge on any atom is -0.327 e. The van der Waals surface area contributed by atoms with Crippen LogP contribution < -0.4 is 10.6 Å². The van der Waals surface area contributed by atoms with Gasteiger partial charge in [-0.25, -0.2) is 4.79 Å². The molecule has 1 aromatic rings. The standard InChI is InChI=1S/C14H16N2O2/c1-8-6-4-5-7-11(8)13-12(10(3)17)9(2)15-14(18)16-13/h4-7,13H,1-3H3,(H2,15,16,18). The molecule has 0 saturated carbocycles. The summed E-state index contributed by atoms with van der Waals surface area (Å²) < 4.78 is 0. The molecular formula is C14H16N2O2. The first kappa shape index (κ1) is 12.4. The van der Waals surface area contributed by atoms with Gasteiger partial charge in [-0.05, 0) is 31.9 Å². The van der Waals surface area contributed by atoms with Crippen molar-refractivity contribution in [2.45, 2.75) is 26.8 Å². The van der Waals surface area contributed by atoms with E-state index in [-0.39, 0.29) is 17.9 Å². The minimum absolute atomic E-state index is 0.0340. The molecule has 0 spiro atoms. The molecule has 0 aromatic heterocycles. The molecule has 94 valence electrons. The molecule has 4 heteroatoms. The summed E-state index contributed by atoms with van der Waals surface area (Å²) >= 11 is 0. The third-order valence-corrected chi connectivity index (χ3v) is 3.15. The van der Waals surface area contributed by atoms with Crippen LogP contribution in [-0.4, -0.2) is 11.8 Å². The number of carbonyl (C=O) groups excluding carboxylic acids is 2. The highest BCUT2D eigenvalue weighted by Crippen LogP contribution is 2.28. The second-order valence-corrected chi connectivity index (χ2v) is 4.48. The summed E-state index contributed by atoms with van der Waals surface area (Å²) in [6, 6.07) is 7.11. The molecule has 1 aliphatic heterocycles. The van der Waals surface area contributed by atoms with E-state index in [2.05, 4.69) is 10.6 Å². The zero-order chi connectivity index (χ0) is 13.3. The number of ketones is 1. The third-order valence-electron chi connectivity index (χ3n) is 3.15. The maximum Gasteiger partial charge on any atom is 0.319 e.